The highest BCUT2D eigenvalue weighted by Crippen LogP contribution is 2.23. The van der Waals surface area contributed by atoms with Crippen LogP contribution >= 0.6 is 0 Å². The van der Waals surface area contributed by atoms with Crippen molar-refractivity contribution in [2.75, 3.05) is 26.2 Å². The lowest BCUT2D eigenvalue weighted by molar-refractivity contribution is 0.0784. The van der Waals surface area contributed by atoms with Gasteiger partial charge in [0.05, 0.1) is 6.04 Å². The van der Waals surface area contributed by atoms with Gasteiger partial charge in [0, 0.05) is 25.7 Å². The van der Waals surface area contributed by atoms with Crippen LogP contribution in [0.15, 0.2) is 4.99 Å². The Balaban J connectivity index is 1.63. The Bertz CT molecular complexity index is 324. The molecule has 0 radical (unpaired) electrons. The second-order valence-electron chi connectivity index (χ2n) is 6.17. The Kier molecular flexibility index (Phi) is 4.23. The Morgan fingerprint density at radius 1 is 1.00 bits per heavy atom. The molecule has 1 saturated carbocycles. The number of nitrogens with two attached hydrogens (primary N) is 1. The second kappa shape index (κ2) is 6.09. The molecule has 0 bridgehead atoms. The molecule has 3 N–H and O–H groups in total. The third-order valence-corrected chi connectivity index (χ3v) is 4.90. The number of piperidine rings is 1. The average molecular weight is 265 g/mol. The minimum Gasteiger partial charge on any atom is -0.339 e. The molecule has 2 heterocycles. The van der Waals surface area contributed by atoms with E-state index in [0.717, 1.165) is 25.6 Å². The molecule has 5 heteroatoms. The van der Waals surface area contributed by atoms with E-state index >= 15 is 0 Å². The van der Waals surface area contributed by atoms with Crippen molar-refractivity contribution in [3.8, 4) is 0 Å². The quantitative estimate of drug-likeness (QED) is 0.320. The molecular formula is C14H27N5. The fraction of sp³-hybridized carbons (Fsp3) is 0.929. The maximum absolute atomic E-state index is 5.71. The van der Waals surface area contributed by atoms with Gasteiger partial charge in [0.15, 0.2) is 0 Å². The summed E-state index contributed by atoms with van der Waals surface area (Å²) in [6.45, 7) is 4.60. The monoisotopic (exact) mass is 265 g/mol. The van der Waals surface area contributed by atoms with E-state index in [1.54, 1.807) is 0 Å². The molecule has 3 fully saturated rings. The first kappa shape index (κ1) is 13.2. The Morgan fingerprint density at radius 2 is 1.79 bits per heavy atom. The van der Waals surface area contributed by atoms with Crippen molar-refractivity contribution in [2.45, 2.75) is 57.0 Å². The van der Waals surface area contributed by atoms with E-state index in [1.807, 2.05) is 0 Å². The fourth-order valence-corrected chi connectivity index (χ4v) is 3.76. The van der Waals surface area contributed by atoms with E-state index in [2.05, 4.69) is 15.2 Å². The van der Waals surface area contributed by atoms with Crippen LogP contribution < -0.4 is 11.3 Å². The smallest absolute Gasteiger partial charge is 0.208 e. The van der Waals surface area contributed by atoms with Crippen LogP contribution in [0.3, 0.4) is 0 Å². The molecule has 3 aliphatic rings. The van der Waals surface area contributed by atoms with Crippen LogP contribution in [0.1, 0.15) is 44.9 Å². The summed E-state index contributed by atoms with van der Waals surface area (Å²) in [5, 5.41) is 0. The van der Waals surface area contributed by atoms with Gasteiger partial charge in [0.1, 0.15) is 0 Å². The lowest BCUT2D eigenvalue weighted by Gasteiger charge is -2.44. The van der Waals surface area contributed by atoms with E-state index in [9.17, 15) is 0 Å². The van der Waals surface area contributed by atoms with Crippen LogP contribution in [0.5, 0.6) is 0 Å². The van der Waals surface area contributed by atoms with Crippen molar-refractivity contribution in [1.82, 2.24) is 15.2 Å². The minimum absolute atomic E-state index is 0.496. The van der Waals surface area contributed by atoms with Crippen LogP contribution in [0.25, 0.3) is 0 Å². The van der Waals surface area contributed by atoms with Gasteiger partial charge in [-0.1, -0.05) is 19.3 Å². The Labute approximate surface area is 116 Å². The summed E-state index contributed by atoms with van der Waals surface area (Å²) in [6, 6.07) is 1.21. The van der Waals surface area contributed by atoms with Gasteiger partial charge in [0.2, 0.25) is 5.96 Å². The van der Waals surface area contributed by atoms with Gasteiger partial charge in [-0.25, -0.2) is 10.8 Å². The summed E-state index contributed by atoms with van der Waals surface area (Å²) < 4.78 is 0. The van der Waals surface area contributed by atoms with Gasteiger partial charge < -0.3 is 4.90 Å². The van der Waals surface area contributed by atoms with Gasteiger partial charge >= 0.3 is 0 Å². The molecule has 1 unspecified atom stereocenters. The molecule has 2 aliphatic heterocycles. The van der Waals surface area contributed by atoms with Crippen molar-refractivity contribution in [1.29, 1.82) is 0 Å². The first-order valence-corrected chi connectivity index (χ1v) is 7.90. The third-order valence-electron chi connectivity index (χ3n) is 4.90. The zero-order valence-corrected chi connectivity index (χ0v) is 11.9. The standard InChI is InChI=1S/C14H27N5/c15-17-14(16-12-5-1-2-6-12)19-10-9-18-8-4-3-7-13(18)11-19/h12-13H,1-11,15H2,(H,16,17). The highest BCUT2D eigenvalue weighted by molar-refractivity contribution is 5.79. The summed E-state index contributed by atoms with van der Waals surface area (Å²) in [7, 11) is 0. The minimum atomic E-state index is 0.496. The van der Waals surface area contributed by atoms with E-state index in [1.165, 1.54) is 51.5 Å². The number of nitrogens with one attached hydrogen (secondary N) is 1. The summed E-state index contributed by atoms with van der Waals surface area (Å²) in [4.78, 5) is 9.85. The topological polar surface area (TPSA) is 56.9 Å². The van der Waals surface area contributed by atoms with E-state index in [-0.39, 0.29) is 0 Å². The van der Waals surface area contributed by atoms with Crippen molar-refractivity contribution < 1.29 is 0 Å². The van der Waals surface area contributed by atoms with Crippen molar-refractivity contribution in [2.24, 2.45) is 10.8 Å². The largest absolute Gasteiger partial charge is 0.339 e. The number of hydrogen-bond acceptors (Lipinski definition) is 3. The van der Waals surface area contributed by atoms with Crippen molar-refractivity contribution in [3.63, 3.8) is 0 Å². The Hall–Kier alpha value is -0.810. The predicted octanol–water partition coefficient (Wildman–Crippen LogP) is 0.918. The zero-order valence-electron chi connectivity index (χ0n) is 11.9. The molecule has 0 amide bonds. The highest BCUT2D eigenvalue weighted by Gasteiger charge is 2.30. The molecule has 1 aliphatic carbocycles. The first-order valence-electron chi connectivity index (χ1n) is 7.90. The van der Waals surface area contributed by atoms with Crippen LogP contribution in [0.4, 0.5) is 0 Å². The molecule has 0 aromatic carbocycles. The molecule has 0 aromatic rings. The van der Waals surface area contributed by atoms with Gasteiger partial charge in [-0.3, -0.25) is 10.3 Å². The molecule has 0 aromatic heterocycles. The number of hydrazine groups is 1. The van der Waals surface area contributed by atoms with Gasteiger partial charge in [-0.15, -0.1) is 0 Å². The number of nitrogens with zero attached hydrogens (tertiary/aromatic N) is 3. The molecule has 3 rings (SSSR count). The summed E-state index contributed by atoms with van der Waals surface area (Å²) >= 11 is 0. The maximum atomic E-state index is 5.71. The normalized spacial score (nSPS) is 30.5. The molecule has 0 spiro atoms. The first-order chi connectivity index (χ1) is 9.36. The number of piperazine rings is 1. The number of rotatable bonds is 1. The third kappa shape index (κ3) is 3.03. The lowest BCUT2D eigenvalue weighted by Crippen LogP contribution is -2.59. The van der Waals surface area contributed by atoms with Crippen LogP contribution in [-0.4, -0.2) is 54.0 Å². The molecule has 1 atom stereocenters. The van der Waals surface area contributed by atoms with E-state index in [4.69, 9.17) is 10.8 Å². The molecule has 2 saturated heterocycles. The second-order valence-corrected chi connectivity index (χ2v) is 6.17. The molecule has 5 nitrogen and oxygen atoms in total. The number of hydrogen-bond donors (Lipinski definition) is 2. The van der Waals surface area contributed by atoms with Crippen molar-refractivity contribution in [3.05, 3.63) is 0 Å². The Morgan fingerprint density at radius 3 is 2.58 bits per heavy atom. The molecular weight excluding hydrogens is 238 g/mol. The van der Waals surface area contributed by atoms with Crippen LogP contribution in [-0.2, 0) is 0 Å². The average Bonchev–Trinajstić information content (AvgIpc) is 2.97. The van der Waals surface area contributed by atoms with Gasteiger partial charge in [-0.05, 0) is 32.2 Å². The predicted molar refractivity (Wildman–Crippen MR) is 77.8 cm³/mol. The zero-order chi connectivity index (χ0) is 13.1. The highest BCUT2D eigenvalue weighted by atomic mass is 15.4. The van der Waals surface area contributed by atoms with Gasteiger partial charge in [-0.2, -0.15) is 0 Å². The SMILES string of the molecule is NNC(=NC1CCCC1)N1CCN2CCCCC2C1. The van der Waals surface area contributed by atoms with E-state index < -0.39 is 0 Å². The number of aliphatic imine (C=N–C) groups is 1. The number of guanidine groups is 1. The lowest BCUT2D eigenvalue weighted by atomic mass is 10.00. The fourth-order valence-electron chi connectivity index (χ4n) is 3.76. The summed E-state index contributed by atoms with van der Waals surface area (Å²) in [5.41, 5.74) is 2.85. The summed E-state index contributed by atoms with van der Waals surface area (Å²) in [5.74, 6) is 6.64. The van der Waals surface area contributed by atoms with Gasteiger partial charge in [0.25, 0.3) is 0 Å². The summed E-state index contributed by atoms with van der Waals surface area (Å²) in [6.07, 6.45) is 9.18. The van der Waals surface area contributed by atoms with Crippen molar-refractivity contribution >= 4 is 5.96 Å². The van der Waals surface area contributed by atoms with Crippen LogP contribution in [0.2, 0.25) is 0 Å². The van der Waals surface area contributed by atoms with Crippen LogP contribution in [0, 0.1) is 0 Å². The van der Waals surface area contributed by atoms with E-state index in [0.29, 0.717) is 12.1 Å². The molecule has 108 valence electrons. The number of fused-ring (bicyclic) bond motifs is 1. The molecule has 19 heavy (non-hydrogen) atoms. The maximum Gasteiger partial charge on any atom is 0.208 e.